The van der Waals surface area contributed by atoms with Gasteiger partial charge in [-0.2, -0.15) is 0 Å². The molecule has 1 aromatic carbocycles. The lowest BCUT2D eigenvalue weighted by atomic mass is 10.2. The van der Waals surface area contributed by atoms with Crippen molar-refractivity contribution in [3.8, 4) is 11.5 Å². The quantitative estimate of drug-likeness (QED) is 0.717. The van der Waals surface area contributed by atoms with Crippen molar-refractivity contribution in [2.75, 3.05) is 20.3 Å². The van der Waals surface area contributed by atoms with Gasteiger partial charge >= 0.3 is 0 Å². The molecular formula is C15H17NO3. The highest BCUT2D eigenvalue weighted by atomic mass is 16.5. The van der Waals surface area contributed by atoms with Gasteiger partial charge in [-0.1, -0.05) is 30.3 Å². The Morgan fingerprint density at radius 3 is 2.42 bits per heavy atom. The molecule has 0 aliphatic rings. The molecule has 0 saturated heterocycles. The van der Waals surface area contributed by atoms with Crippen LogP contribution in [0.15, 0.2) is 48.8 Å². The fourth-order valence-electron chi connectivity index (χ4n) is 1.54. The van der Waals surface area contributed by atoms with Crippen LogP contribution in [0, 0.1) is 0 Å². The van der Waals surface area contributed by atoms with Gasteiger partial charge in [0.15, 0.2) is 0 Å². The molecule has 2 aromatic rings. The summed E-state index contributed by atoms with van der Waals surface area (Å²) in [4.78, 5) is 4.08. The lowest BCUT2D eigenvalue weighted by molar-refractivity contribution is 0.146. The maximum Gasteiger partial charge on any atom is 0.141 e. The summed E-state index contributed by atoms with van der Waals surface area (Å²) in [6.07, 6.45) is 3.33. The normalized spacial score (nSPS) is 10.2. The van der Waals surface area contributed by atoms with Crippen molar-refractivity contribution in [1.29, 1.82) is 0 Å². The van der Waals surface area contributed by atoms with E-state index in [1.807, 2.05) is 36.4 Å². The number of methoxy groups -OCH3 is 1. The average Bonchev–Trinajstić information content (AvgIpc) is 2.47. The first-order valence-electron chi connectivity index (χ1n) is 6.12. The van der Waals surface area contributed by atoms with Crippen LogP contribution in [0.5, 0.6) is 11.5 Å². The van der Waals surface area contributed by atoms with E-state index in [1.54, 1.807) is 19.5 Å². The number of aromatic nitrogens is 1. The van der Waals surface area contributed by atoms with Gasteiger partial charge in [0.25, 0.3) is 0 Å². The van der Waals surface area contributed by atoms with Crippen molar-refractivity contribution in [1.82, 2.24) is 4.98 Å². The van der Waals surface area contributed by atoms with Gasteiger partial charge in [0.1, 0.15) is 24.7 Å². The minimum absolute atomic E-state index is 0.500. The number of hydrogen-bond acceptors (Lipinski definition) is 4. The largest absolute Gasteiger partial charge is 0.489 e. The smallest absolute Gasteiger partial charge is 0.141 e. The highest BCUT2D eigenvalue weighted by molar-refractivity contribution is 5.28. The van der Waals surface area contributed by atoms with Crippen LogP contribution in [0.3, 0.4) is 0 Å². The molecule has 0 bridgehead atoms. The molecule has 0 aliphatic carbocycles. The van der Waals surface area contributed by atoms with Crippen LogP contribution in [0.4, 0.5) is 0 Å². The number of rotatable bonds is 7. The monoisotopic (exact) mass is 259 g/mol. The third-order valence-corrected chi connectivity index (χ3v) is 2.49. The van der Waals surface area contributed by atoms with Crippen molar-refractivity contribution in [2.24, 2.45) is 0 Å². The van der Waals surface area contributed by atoms with E-state index in [0.29, 0.717) is 31.3 Å². The Labute approximate surface area is 113 Å². The van der Waals surface area contributed by atoms with Crippen LogP contribution in [0.1, 0.15) is 5.56 Å². The summed E-state index contributed by atoms with van der Waals surface area (Å²) in [7, 11) is 1.64. The molecule has 0 spiro atoms. The lowest BCUT2D eigenvalue weighted by Crippen LogP contribution is -2.04. The zero-order valence-electron chi connectivity index (χ0n) is 10.9. The summed E-state index contributed by atoms with van der Waals surface area (Å²) in [6, 6.07) is 11.8. The predicted octanol–water partition coefficient (Wildman–Crippen LogP) is 2.69. The summed E-state index contributed by atoms with van der Waals surface area (Å²) in [5.41, 5.74) is 1.12. The average molecular weight is 259 g/mol. The van der Waals surface area contributed by atoms with E-state index in [1.165, 1.54) is 0 Å². The minimum Gasteiger partial charge on any atom is -0.489 e. The Bertz CT molecular complexity index is 488. The molecule has 0 N–H and O–H groups in total. The molecule has 0 radical (unpaired) electrons. The summed E-state index contributed by atoms with van der Waals surface area (Å²) in [5.74, 6) is 1.38. The fourth-order valence-corrected chi connectivity index (χ4v) is 1.54. The van der Waals surface area contributed by atoms with E-state index < -0.39 is 0 Å². The third-order valence-electron chi connectivity index (χ3n) is 2.49. The van der Waals surface area contributed by atoms with Crippen LogP contribution >= 0.6 is 0 Å². The van der Waals surface area contributed by atoms with Gasteiger partial charge in [-0.25, -0.2) is 0 Å². The Morgan fingerprint density at radius 1 is 0.947 bits per heavy atom. The van der Waals surface area contributed by atoms with Crippen molar-refractivity contribution >= 4 is 0 Å². The Balaban J connectivity index is 1.88. The van der Waals surface area contributed by atoms with Gasteiger partial charge in [-0.3, -0.25) is 4.98 Å². The van der Waals surface area contributed by atoms with Crippen molar-refractivity contribution in [3.05, 3.63) is 54.4 Å². The molecule has 0 saturated carbocycles. The number of ether oxygens (including phenoxy) is 3. The molecule has 0 aliphatic heterocycles. The summed E-state index contributed by atoms with van der Waals surface area (Å²) in [6.45, 7) is 1.57. The molecule has 0 atom stereocenters. The number of pyridine rings is 1. The minimum atomic E-state index is 0.500. The number of hydrogen-bond donors (Lipinski definition) is 0. The second-order valence-corrected chi connectivity index (χ2v) is 3.97. The topological polar surface area (TPSA) is 40.6 Å². The molecule has 2 rings (SSSR count). The second-order valence-electron chi connectivity index (χ2n) is 3.97. The fraction of sp³-hybridized carbons (Fsp3) is 0.267. The SMILES string of the molecule is COCCOc1cncc(OCc2ccccc2)c1. The Hall–Kier alpha value is -2.07. The van der Waals surface area contributed by atoms with Crippen LogP contribution < -0.4 is 9.47 Å². The molecule has 19 heavy (non-hydrogen) atoms. The van der Waals surface area contributed by atoms with Crippen LogP contribution in [0.25, 0.3) is 0 Å². The van der Waals surface area contributed by atoms with Gasteiger partial charge in [0.2, 0.25) is 0 Å². The zero-order chi connectivity index (χ0) is 13.3. The second kappa shape index (κ2) is 7.38. The maximum atomic E-state index is 5.67. The maximum absolute atomic E-state index is 5.67. The van der Waals surface area contributed by atoms with E-state index in [-0.39, 0.29) is 0 Å². The standard InChI is InChI=1S/C15H17NO3/c1-17-7-8-18-14-9-15(11-16-10-14)19-12-13-5-3-2-4-6-13/h2-6,9-11H,7-8,12H2,1H3. The summed E-state index contributed by atoms with van der Waals surface area (Å²) >= 11 is 0. The van der Waals surface area contributed by atoms with Gasteiger partial charge in [-0.15, -0.1) is 0 Å². The first kappa shape index (κ1) is 13.4. The predicted molar refractivity (Wildman–Crippen MR) is 72.4 cm³/mol. The van der Waals surface area contributed by atoms with E-state index >= 15 is 0 Å². The van der Waals surface area contributed by atoms with Gasteiger partial charge in [-0.05, 0) is 5.56 Å². The summed E-state index contributed by atoms with van der Waals surface area (Å²) in [5, 5.41) is 0. The van der Waals surface area contributed by atoms with Crippen LogP contribution in [-0.2, 0) is 11.3 Å². The molecule has 0 amide bonds. The molecule has 0 unspecified atom stereocenters. The van der Waals surface area contributed by atoms with Crippen LogP contribution in [0.2, 0.25) is 0 Å². The van der Waals surface area contributed by atoms with E-state index in [9.17, 15) is 0 Å². The van der Waals surface area contributed by atoms with Crippen LogP contribution in [-0.4, -0.2) is 25.3 Å². The molecule has 0 fully saturated rings. The molecule has 4 heteroatoms. The Morgan fingerprint density at radius 2 is 1.68 bits per heavy atom. The van der Waals surface area contributed by atoms with E-state index in [2.05, 4.69) is 4.98 Å². The van der Waals surface area contributed by atoms with Crippen molar-refractivity contribution in [3.63, 3.8) is 0 Å². The van der Waals surface area contributed by atoms with Crippen molar-refractivity contribution < 1.29 is 14.2 Å². The molecule has 1 aromatic heterocycles. The van der Waals surface area contributed by atoms with Crippen molar-refractivity contribution in [2.45, 2.75) is 6.61 Å². The number of benzene rings is 1. The molecule has 100 valence electrons. The zero-order valence-corrected chi connectivity index (χ0v) is 10.9. The van der Waals surface area contributed by atoms with E-state index in [0.717, 1.165) is 5.56 Å². The molecule has 1 heterocycles. The lowest BCUT2D eigenvalue weighted by Gasteiger charge is -2.08. The Kier molecular flexibility index (Phi) is 5.19. The first-order chi connectivity index (χ1) is 9.38. The molecule has 4 nitrogen and oxygen atoms in total. The van der Waals surface area contributed by atoms with E-state index in [4.69, 9.17) is 14.2 Å². The highest BCUT2D eigenvalue weighted by Gasteiger charge is 2.00. The highest BCUT2D eigenvalue weighted by Crippen LogP contribution is 2.18. The number of nitrogens with zero attached hydrogens (tertiary/aromatic N) is 1. The van der Waals surface area contributed by atoms with Gasteiger partial charge in [0, 0.05) is 13.2 Å². The first-order valence-corrected chi connectivity index (χ1v) is 6.12. The molecular weight excluding hydrogens is 242 g/mol. The third kappa shape index (κ3) is 4.60. The summed E-state index contributed by atoms with van der Waals surface area (Å²) < 4.78 is 16.1. The van der Waals surface area contributed by atoms with Gasteiger partial charge < -0.3 is 14.2 Å². The van der Waals surface area contributed by atoms with Gasteiger partial charge in [0.05, 0.1) is 19.0 Å².